The zero-order valence-electron chi connectivity index (χ0n) is 13.1. The molecule has 8 nitrogen and oxygen atoms in total. The first-order valence-corrected chi connectivity index (χ1v) is 7.45. The van der Waals surface area contributed by atoms with Gasteiger partial charge in [-0.1, -0.05) is 0 Å². The van der Waals surface area contributed by atoms with Gasteiger partial charge in [-0.2, -0.15) is 0 Å². The van der Waals surface area contributed by atoms with E-state index in [4.69, 9.17) is 9.47 Å². The molecule has 0 atom stereocenters. The van der Waals surface area contributed by atoms with Gasteiger partial charge in [0.05, 0.1) is 37.9 Å². The lowest BCUT2D eigenvalue weighted by molar-refractivity contribution is -0.179. The molecule has 23 heavy (non-hydrogen) atoms. The average Bonchev–Trinajstić information content (AvgIpc) is 2.43. The normalized spacial score (nSPS) is 28.6. The molecule has 2 aliphatic carbocycles. The second-order valence-electron chi connectivity index (χ2n) is 5.82. The van der Waals surface area contributed by atoms with Crippen molar-refractivity contribution in [2.24, 2.45) is 23.7 Å². The lowest BCUT2D eigenvalue weighted by atomic mass is 9.75. The molecule has 8 heteroatoms. The molecular formula is C15H20O8. The minimum absolute atomic E-state index is 0.259. The Morgan fingerprint density at radius 2 is 0.957 bits per heavy atom. The van der Waals surface area contributed by atoms with Crippen LogP contribution in [-0.2, 0) is 38.1 Å². The quantitative estimate of drug-likeness (QED) is 0.393. The molecule has 0 spiro atoms. The molecule has 0 aromatic rings. The van der Waals surface area contributed by atoms with E-state index < -0.39 is 18.7 Å². The molecule has 128 valence electrons. The summed E-state index contributed by atoms with van der Waals surface area (Å²) < 4.78 is 18.9. The van der Waals surface area contributed by atoms with Crippen molar-refractivity contribution in [2.45, 2.75) is 25.7 Å². The van der Waals surface area contributed by atoms with E-state index in [2.05, 4.69) is 9.47 Å². The third-order valence-electron chi connectivity index (χ3n) is 4.41. The van der Waals surface area contributed by atoms with Gasteiger partial charge in [0.1, 0.15) is 0 Å². The largest absolute Gasteiger partial charge is 0.469 e. The molecule has 0 N–H and O–H groups in total. The van der Waals surface area contributed by atoms with Crippen molar-refractivity contribution in [2.75, 3.05) is 21.0 Å². The summed E-state index contributed by atoms with van der Waals surface area (Å²) in [5.74, 6) is -2.86. The predicted octanol–water partition coefficient (Wildman–Crippen LogP) is 0.429. The van der Waals surface area contributed by atoms with Crippen LogP contribution in [0, 0.1) is 23.7 Å². The van der Waals surface area contributed by atoms with Crippen LogP contribution in [-0.4, -0.2) is 44.9 Å². The fourth-order valence-corrected chi connectivity index (χ4v) is 2.72. The zero-order chi connectivity index (χ0) is 17.0. The van der Waals surface area contributed by atoms with Gasteiger partial charge in [-0.15, -0.1) is 0 Å². The van der Waals surface area contributed by atoms with Gasteiger partial charge < -0.3 is 18.9 Å². The van der Waals surface area contributed by atoms with E-state index in [1.807, 2.05) is 0 Å². The van der Waals surface area contributed by atoms with Crippen LogP contribution in [0.25, 0.3) is 0 Å². The Morgan fingerprint density at radius 3 is 1.26 bits per heavy atom. The molecule has 0 heterocycles. The fraction of sp³-hybridized carbons (Fsp3) is 0.733. The molecule has 0 saturated heterocycles. The van der Waals surface area contributed by atoms with E-state index in [1.165, 1.54) is 14.2 Å². The number of carbonyl (C=O) groups is 4. The van der Waals surface area contributed by atoms with Crippen molar-refractivity contribution in [1.29, 1.82) is 0 Å². The SMILES string of the molecule is COC(=O)C1CC(C(=O)OCOC(=O)C2CC(C(=O)OC)C2)C1. The lowest BCUT2D eigenvalue weighted by Crippen LogP contribution is -2.38. The Kier molecular flexibility index (Phi) is 5.57. The van der Waals surface area contributed by atoms with Crippen molar-refractivity contribution in [3.8, 4) is 0 Å². The van der Waals surface area contributed by atoms with E-state index in [1.54, 1.807) is 0 Å². The summed E-state index contributed by atoms with van der Waals surface area (Å²) in [5, 5.41) is 0. The third-order valence-corrected chi connectivity index (χ3v) is 4.41. The van der Waals surface area contributed by atoms with Crippen molar-refractivity contribution in [3.05, 3.63) is 0 Å². The van der Waals surface area contributed by atoms with Gasteiger partial charge in [0.2, 0.25) is 6.79 Å². The van der Waals surface area contributed by atoms with E-state index in [0.29, 0.717) is 25.7 Å². The predicted molar refractivity (Wildman–Crippen MR) is 73.5 cm³/mol. The molecule has 2 fully saturated rings. The molecule has 0 aromatic heterocycles. The highest BCUT2D eigenvalue weighted by Crippen LogP contribution is 2.36. The summed E-state index contributed by atoms with van der Waals surface area (Å²) in [6, 6.07) is 0. The van der Waals surface area contributed by atoms with E-state index in [-0.39, 0.29) is 35.6 Å². The Hall–Kier alpha value is -2.12. The highest BCUT2D eigenvalue weighted by molar-refractivity contribution is 5.81. The summed E-state index contributed by atoms with van der Waals surface area (Å²) in [7, 11) is 2.61. The highest BCUT2D eigenvalue weighted by atomic mass is 16.7. The van der Waals surface area contributed by atoms with Crippen LogP contribution < -0.4 is 0 Å². The number of hydrogen-bond acceptors (Lipinski definition) is 8. The molecule has 0 amide bonds. The van der Waals surface area contributed by atoms with Crippen molar-refractivity contribution in [3.63, 3.8) is 0 Å². The summed E-state index contributed by atoms with van der Waals surface area (Å²) in [5.41, 5.74) is 0. The van der Waals surface area contributed by atoms with Crippen molar-refractivity contribution < 1.29 is 38.1 Å². The Bertz CT molecular complexity index is 444. The maximum absolute atomic E-state index is 11.7. The highest BCUT2D eigenvalue weighted by Gasteiger charge is 2.42. The van der Waals surface area contributed by atoms with Gasteiger partial charge in [-0.3, -0.25) is 19.2 Å². The first-order chi connectivity index (χ1) is 11.0. The molecule has 0 bridgehead atoms. The number of rotatable bonds is 6. The fourth-order valence-electron chi connectivity index (χ4n) is 2.72. The van der Waals surface area contributed by atoms with Crippen LogP contribution in [0.2, 0.25) is 0 Å². The second-order valence-corrected chi connectivity index (χ2v) is 5.82. The molecule has 2 saturated carbocycles. The molecule has 0 aromatic carbocycles. The average molecular weight is 328 g/mol. The maximum Gasteiger partial charge on any atom is 0.311 e. The van der Waals surface area contributed by atoms with Gasteiger partial charge in [0, 0.05) is 0 Å². The van der Waals surface area contributed by atoms with Crippen molar-refractivity contribution >= 4 is 23.9 Å². The van der Waals surface area contributed by atoms with Gasteiger partial charge in [-0.05, 0) is 25.7 Å². The smallest absolute Gasteiger partial charge is 0.311 e. The van der Waals surface area contributed by atoms with Gasteiger partial charge >= 0.3 is 23.9 Å². The van der Waals surface area contributed by atoms with Gasteiger partial charge in [0.25, 0.3) is 0 Å². The van der Waals surface area contributed by atoms with E-state index in [9.17, 15) is 19.2 Å². The minimum atomic E-state index is -0.487. The molecule has 2 rings (SSSR count). The second kappa shape index (κ2) is 7.43. The number of ether oxygens (including phenoxy) is 4. The number of hydrogen-bond donors (Lipinski definition) is 0. The zero-order valence-corrected chi connectivity index (χ0v) is 13.1. The Balaban J connectivity index is 1.57. The molecular weight excluding hydrogens is 308 g/mol. The van der Waals surface area contributed by atoms with E-state index >= 15 is 0 Å². The van der Waals surface area contributed by atoms with E-state index in [0.717, 1.165) is 0 Å². The van der Waals surface area contributed by atoms with Crippen LogP contribution in [0.4, 0.5) is 0 Å². The van der Waals surface area contributed by atoms with Gasteiger partial charge in [-0.25, -0.2) is 0 Å². The monoisotopic (exact) mass is 328 g/mol. The summed E-state index contributed by atoms with van der Waals surface area (Å²) in [4.78, 5) is 45.7. The minimum Gasteiger partial charge on any atom is -0.469 e. The number of methoxy groups -OCH3 is 2. The third kappa shape index (κ3) is 4.00. The molecule has 0 radical (unpaired) electrons. The molecule has 0 unspecified atom stereocenters. The number of carbonyl (C=O) groups excluding carboxylic acids is 4. The topological polar surface area (TPSA) is 105 Å². The Labute approximate surface area is 133 Å². The summed E-state index contributed by atoms with van der Waals surface area (Å²) in [6.07, 6.45) is 1.57. The van der Waals surface area contributed by atoms with Crippen LogP contribution >= 0.6 is 0 Å². The van der Waals surface area contributed by atoms with Crippen LogP contribution in [0.1, 0.15) is 25.7 Å². The molecule has 0 aliphatic heterocycles. The lowest BCUT2D eigenvalue weighted by Gasteiger charge is -2.32. The van der Waals surface area contributed by atoms with Crippen LogP contribution in [0.3, 0.4) is 0 Å². The van der Waals surface area contributed by atoms with Crippen LogP contribution in [0.5, 0.6) is 0 Å². The first-order valence-electron chi connectivity index (χ1n) is 7.45. The summed E-state index contributed by atoms with van der Waals surface area (Å²) in [6.45, 7) is -0.448. The standard InChI is InChI=1S/C15H20O8/c1-20-12(16)8-3-10(4-8)14(18)22-7-23-15(19)11-5-9(6-11)13(17)21-2/h8-11H,3-7H2,1-2H3. The first kappa shape index (κ1) is 17.2. The van der Waals surface area contributed by atoms with Gasteiger partial charge in [0.15, 0.2) is 0 Å². The number of esters is 4. The van der Waals surface area contributed by atoms with Crippen LogP contribution in [0.15, 0.2) is 0 Å². The maximum atomic E-state index is 11.7. The van der Waals surface area contributed by atoms with Crippen molar-refractivity contribution in [1.82, 2.24) is 0 Å². The molecule has 2 aliphatic rings. The Morgan fingerprint density at radius 1 is 0.652 bits per heavy atom. The summed E-state index contributed by atoms with van der Waals surface area (Å²) >= 11 is 0.